The molecule has 0 radical (unpaired) electrons. The van der Waals surface area contributed by atoms with E-state index in [0.717, 1.165) is 38.8 Å². The quantitative estimate of drug-likeness (QED) is 0.188. The summed E-state index contributed by atoms with van der Waals surface area (Å²) in [6, 6.07) is 49.6. The molecule has 240 valence electrons. The fourth-order valence-electron chi connectivity index (χ4n) is 8.14. The highest BCUT2D eigenvalue weighted by Gasteiger charge is 2.25. The molecule has 0 saturated heterocycles. The monoisotopic (exact) mass is 671 g/mol. The molecule has 7 aromatic carbocycles. The second kappa shape index (κ2) is 10.6. The molecule has 0 N–H and O–H groups in total. The zero-order chi connectivity index (χ0) is 33.8. The van der Waals surface area contributed by atoms with Crippen molar-refractivity contribution in [1.82, 2.24) is 14.5 Å². The van der Waals surface area contributed by atoms with Gasteiger partial charge in [0.1, 0.15) is 16.8 Å². The summed E-state index contributed by atoms with van der Waals surface area (Å²) in [5.74, 6) is 0.627. The van der Waals surface area contributed by atoms with Gasteiger partial charge in [-0.2, -0.15) is 0 Å². The van der Waals surface area contributed by atoms with E-state index in [4.69, 9.17) is 14.4 Å². The minimum atomic E-state index is 0.627. The lowest BCUT2D eigenvalue weighted by molar-refractivity contribution is 0.666. The third-order valence-corrected chi connectivity index (χ3v) is 11.7. The molecular formula is C46H29N3OS. The zero-order valence-corrected chi connectivity index (χ0v) is 28.8. The predicted octanol–water partition coefficient (Wildman–Crippen LogP) is 12.9. The smallest absolute Gasteiger partial charge is 0.236 e. The fourth-order valence-corrected chi connectivity index (χ4v) is 9.40. The number of rotatable bonds is 3. The maximum atomic E-state index is 6.62. The molecule has 0 bridgehead atoms. The lowest BCUT2D eigenvalue weighted by atomic mass is 9.94. The van der Waals surface area contributed by atoms with E-state index in [2.05, 4.69) is 140 Å². The van der Waals surface area contributed by atoms with Crippen LogP contribution >= 0.6 is 11.3 Å². The molecule has 4 heterocycles. The van der Waals surface area contributed by atoms with Crippen molar-refractivity contribution in [2.75, 3.05) is 0 Å². The molecule has 4 aromatic heterocycles. The average molecular weight is 672 g/mol. The molecule has 11 rings (SSSR count). The van der Waals surface area contributed by atoms with Crippen molar-refractivity contribution >= 4 is 86.2 Å². The van der Waals surface area contributed by atoms with Crippen molar-refractivity contribution in [3.05, 3.63) is 151 Å². The van der Waals surface area contributed by atoms with E-state index in [-0.39, 0.29) is 0 Å². The minimum Gasteiger partial charge on any atom is -0.452 e. The standard InChI is InChI=1S/C46H29N3OS/c1-26-13-3-4-14-29(26)35-25-28(24-23-27(35)2)41-44-42(33-18-8-11-21-37(33)50-44)48-46(47-41)49-36-20-10-7-17-32(36)39-30-15-5-6-16-31(30)40-34-19-9-12-22-38(34)51-45(40)43(39)49/h3-25H,1-2H3. The Labute approximate surface area is 296 Å². The highest BCUT2D eigenvalue weighted by atomic mass is 32.1. The molecule has 5 heteroatoms. The number of furan rings is 1. The number of hydrogen-bond donors (Lipinski definition) is 0. The molecular weight excluding hydrogens is 643 g/mol. The Morgan fingerprint density at radius 1 is 0.569 bits per heavy atom. The summed E-state index contributed by atoms with van der Waals surface area (Å²) >= 11 is 1.85. The number of para-hydroxylation sites is 2. The molecule has 0 aliphatic carbocycles. The minimum absolute atomic E-state index is 0.627. The number of thiophene rings is 1. The van der Waals surface area contributed by atoms with Crippen molar-refractivity contribution in [2.24, 2.45) is 0 Å². The fraction of sp³-hybridized carbons (Fsp3) is 0.0435. The Hall–Kier alpha value is -6.30. The van der Waals surface area contributed by atoms with Crippen molar-refractivity contribution in [1.29, 1.82) is 0 Å². The second-order valence-electron chi connectivity index (χ2n) is 13.4. The second-order valence-corrected chi connectivity index (χ2v) is 14.5. The van der Waals surface area contributed by atoms with Gasteiger partial charge in [0.05, 0.1) is 15.7 Å². The van der Waals surface area contributed by atoms with Crippen LogP contribution in [0.1, 0.15) is 11.1 Å². The Bertz CT molecular complexity index is 3230. The molecule has 0 unspecified atom stereocenters. The first-order valence-electron chi connectivity index (χ1n) is 17.3. The van der Waals surface area contributed by atoms with Gasteiger partial charge < -0.3 is 4.42 Å². The largest absolute Gasteiger partial charge is 0.452 e. The molecule has 51 heavy (non-hydrogen) atoms. The van der Waals surface area contributed by atoms with E-state index in [1.807, 2.05) is 29.5 Å². The Morgan fingerprint density at radius 3 is 2.08 bits per heavy atom. The van der Waals surface area contributed by atoms with Gasteiger partial charge in [0.15, 0.2) is 5.58 Å². The van der Waals surface area contributed by atoms with Gasteiger partial charge in [-0.1, -0.05) is 109 Å². The molecule has 0 atom stereocenters. The molecule has 0 aliphatic heterocycles. The van der Waals surface area contributed by atoms with Crippen molar-refractivity contribution in [2.45, 2.75) is 13.8 Å². The van der Waals surface area contributed by atoms with Crippen LogP contribution in [0.2, 0.25) is 0 Å². The van der Waals surface area contributed by atoms with Gasteiger partial charge in [0.2, 0.25) is 5.95 Å². The van der Waals surface area contributed by atoms with Crippen LogP contribution in [-0.2, 0) is 0 Å². The van der Waals surface area contributed by atoms with Crippen LogP contribution in [0.4, 0.5) is 0 Å². The predicted molar refractivity (Wildman–Crippen MR) is 214 cm³/mol. The van der Waals surface area contributed by atoms with E-state index in [1.54, 1.807) is 0 Å². The topological polar surface area (TPSA) is 43.9 Å². The molecule has 0 fully saturated rings. The summed E-state index contributed by atoms with van der Waals surface area (Å²) in [6.07, 6.45) is 0. The van der Waals surface area contributed by atoms with Gasteiger partial charge in [-0.3, -0.25) is 4.57 Å². The van der Waals surface area contributed by atoms with Gasteiger partial charge in [0.25, 0.3) is 0 Å². The summed E-state index contributed by atoms with van der Waals surface area (Å²) in [6.45, 7) is 4.34. The number of nitrogens with zero attached hydrogens (tertiary/aromatic N) is 3. The maximum absolute atomic E-state index is 6.62. The first-order chi connectivity index (χ1) is 25.1. The Morgan fingerprint density at radius 2 is 1.24 bits per heavy atom. The maximum Gasteiger partial charge on any atom is 0.236 e. The first kappa shape index (κ1) is 28.5. The Balaban J connectivity index is 1.31. The summed E-state index contributed by atoms with van der Waals surface area (Å²) in [5.41, 5.74) is 11.1. The highest BCUT2D eigenvalue weighted by Crippen LogP contribution is 2.48. The number of aromatic nitrogens is 3. The van der Waals surface area contributed by atoms with Crippen LogP contribution < -0.4 is 0 Å². The van der Waals surface area contributed by atoms with E-state index in [0.29, 0.717) is 11.5 Å². The third-order valence-electron chi connectivity index (χ3n) is 10.5. The van der Waals surface area contributed by atoms with Gasteiger partial charge in [-0.25, -0.2) is 9.97 Å². The molecule has 0 spiro atoms. The molecule has 0 aliphatic rings. The highest BCUT2D eigenvalue weighted by molar-refractivity contribution is 7.27. The van der Waals surface area contributed by atoms with Crippen LogP contribution in [0.15, 0.2) is 144 Å². The molecule has 11 aromatic rings. The zero-order valence-electron chi connectivity index (χ0n) is 27.9. The van der Waals surface area contributed by atoms with Gasteiger partial charge in [-0.05, 0) is 77.2 Å². The summed E-state index contributed by atoms with van der Waals surface area (Å²) in [4.78, 5) is 10.9. The van der Waals surface area contributed by atoms with Gasteiger partial charge >= 0.3 is 0 Å². The van der Waals surface area contributed by atoms with E-state index in [9.17, 15) is 0 Å². The number of hydrogen-bond acceptors (Lipinski definition) is 4. The number of benzene rings is 7. The van der Waals surface area contributed by atoms with Crippen LogP contribution in [-0.4, -0.2) is 14.5 Å². The Kier molecular flexibility index (Phi) is 5.93. The normalized spacial score (nSPS) is 12.1. The van der Waals surface area contributed by atoms with Crippen LogP contribution in [0, 0.1) is 13.8 Å². The molecule has 4 nitrogen and oxygen atoms in total. The molecule has 0 amide bonds. The number of aryl methyl sites for hydroxylation is 2. The van der Waals surface area contributed by atoms with E-state index >= 15 is 0 Å². The number of fused-ring (bicyclic) bond motifs is 13. The third kappa shape index (κ3) is 4.01. The van der Waals surface area contributed by atoms with Crippen LogP contribution in [0.5, 0.6) is 0 Å². The van der Waals surface area contributed by atoms with E-state index < -0.39 is 0 Å². The van der Waals surface area contributed by atoms with Crippen molar-refractivity contribution in [3.8, 4) is 28.3 Å². The van der Waals surface area contributed by atoms with Crippen LogP contribution in [0.3, 0.4) is 0 Å². The summed E-state index contributed by atoms with van der Waals surface area (Å²) in [7, 11) is 0. The lowest BCUT2D eigenvalue weighted by Gasteiger charge is -2.13. The first-order valence-corrected chi connectivity index (χ1v) is 18.1. The molecule has 0 saturated carbocycles. The van der Waals surface area contributed by atoms with Gasteiger partial charge in [-0.15, -0.1) is 11.3 Å². The van der Waals surface area contributed by atoms with Crippen molar-refractivity contribution < 1.29 is 4.42 Å². The van der Waals surface area contributed by atoms with Crippen molar-refractivity contribution in [3.63, 3.8) is 0 Å². The van der Waals surface area contributed by atoms with E-state index in [1.165, 1.54) is 64.0 Å². The average Bonchev–Trinajstić information content (AvgIpc) is 3.85. The summed E-state index contributed by atoms with van der Waals surface area (Å²) in [5, 5.41) is 8.42. The lowest BCUT2D eigenvalue weighted by Crippen LogP contribution is -2.03. The SMILES string of the molecule is Cc1ccccc1-c1cc(-c2nc(-n3c4ccccc4c4c5ccccc5c5c6ccccc6sc5c43)nc3c2oc2ccccc23)ccc1C. The van der Waals surface area contributed by atoms with Crippen LogP contribution in [0.25, 0.3) is 103 Å². The van der Waals surface area contributed by atoms with Gasteiger partial charge in [0, 0.05) is 37.2 Å². The summed E-state index contributed by atoms with van der Waals surface area (Å²) < 4.78 is 11.4.